The first-order chi connectivity index (χ1) is 8.82. The van der Waals surface area contributed by atoms with E-state index in [4.69, 9.17) is 5.11 Å². The Hall–Kier alpha value is -2.24. The Balaban J connectivity index is 2.45. The summed E-state index contributed by atoms with van der Waals surface area (Å²) >= 11 is 0. The highest BCUT2D eigenvalue weighted by Gasteiger charge is 2.39. The van der Waals surface area contributed by atoms with Gasteiger partial charge in [-0.1, -0.05) is 13.8 Å². The van der Waals surface area contributed by atoms with Crippen molar-refractivity contribution < 1.29 is 19.5 Å². The lowest BCUT2D eigenvalue weighted by molar-refractivity contribution is -0.132. The molecule has 0 aromatic carbocycles. The lowest BCUT2D eigenvalue weighted by Gasteiger charge is -2.34. The van der Waals surface area contributed by atoms with Crippen LogP contribution in [0.4, 0.5) is 5.69 Å². The van der Waals surface area contributed by atoms with Crippen LogP contribution in [-0.4, -0.2) is 27.9 Å². The van der Waals surface area contributed by atoms with Crippen LogP contribution < -0.4 is 4.90 Å². The fourth-order valence-corrected chi connectivity index (χ4v) is 2.19. The number of hydrogen-bond donors (Lipinski definition) is 1. The minimum absolute atomic E-state index is 0.0421. The Morgan fingerprint density at radius 3 is 2.42 bits per heavy atom. The lowest BCUT2D eigenvalue weighted by Crippen LogP contribution is -2.47. The molecule has 1 aromatic rings. The fourth-order valence-electron chi connectivity index (χ4n) is 2.19. The number of anilines is 1. The van der Waals surface area contributed by atoms with Crippen LogP contribution in [-0.2, 0) is 9.59 Å². The summed E-state index contributed by atoms with van der Waals surface area (Å²) < 4.78 is 0. The second-order valence-corrected chi connectivity index (χ2v) is 5.32. The van der Waals surface area contributed by atoms with E-state index < -0.39 is 23.2 Å². The minimum Gasteiger partial charge on any atom is -0.476 e. The van der Waals surface area contributed by atoms with Crippen molar-refractivity contribution in [2.75, 3.05) is 4.90 Å². The molecule has 0 radical (unpaired) electrons. The molecule has 6 nitrogen and oxygen atoms in total. The molecule has 0 aliphatic carbocycles. The summed E-state index contributed by atoms with van der Waals surface area (Å²) in [5.41, 5.74) is -0.639. The Kier molecular flexibility index (Phi) is 3.09. The normalized spacial score (nSPS) is 18.5. The predicted octanol–water partition coefficient (Wildman–Crippen LogP) is 1.46. The number of hydrogen-bond acceptors (Lipinski definition) is 4. The highest BCUT2D eigenvalue weighted by molar-refractivity contribution is 6.18. The summed E-state index contributed by atoms with van der Waals surface area (Å²) in [7, 11) is 0. The number of carbonyl (C=O) groups is 3. The molecule has 19 heavy (non-hydrogen) atoms. The van der Waals surface area contributed by atoms with Gasteiger partial charge in [-0.25, -0.2) is 14.7 Å². The number of amides is 2. The van der Waals surface area contributed by atoms with Gasteiger partial charge in [0.15, 0.2) is 5.69 Å². The number of pyridine rings is 1. The third-order valence-electron chi connectivity index (χ3n) is 2.99. The van der Waals surface area contributed by atoms with Crippen molar-refractivity contribution in [3.63, 3.8) is 0 Å². The SMILES string of the molecule is CC1(C)CC(=O)N(c2cccnc2C(=O)O)C(=O)C1. The lowest BCUT2D eigenvalue weighted by atomic mass is 9.81. The number of carboxylic acids is 1. The summed E-state index contributed by atoms with van der Waals surface area (Å²) in [5, 5.41) is 9.06. The van der Waals surface area contributed by atoms with E-state index in [-0.39, 0.29) is 24.2 Å². The molecular formula is C13H14N2O4. The Bertz CT molecular complexity index is 546. The van der Waals surface area contributed by atoms with E-state index in [1.807, 2.05) is 13.8 Å². The molecule has 1 aliphatic heterocycles. The molecule has 0 saturated carbocycles. The maximum absolute atomic E-state index is 12.1. The monoisotopic (exact) mass is 262 g/mol. The largest absolute Gasteiger partial charge is 0.476 e. The van der Waals surface area contributed by atoms with Crippen LogP contribution in [0.5, 0.6) is 0 Å². The molecule has 2 rings (SSSR count). The van der Waals surface area contributed by atoms with E-state index in [0.717, 1.165) is 4.90 Å². The van der Waals surface area contributed by atoms with E-state index in [0.29, 0.717) is 0 Å². The number of rotatable bonds is 2. The Morgan fingerprint density at radius 1 is 1.32 bits per heavy atom. The first-order valence-corrected chi connectivity index (χ1v) is 5.86. The first-order valence-electron chi connectivity index (χ1n) is 5.86. The number of carbonyl (C=O) groups excluding carboxylic acids is 2. The van der Waals surface area contributed by atoms with Crippen molar-refractivity contribution >= 4 is 23.5 Å². The van der Waals surface area contributed by atoms with E-state index in [1.54, 1.807) is 0 Å². The van der Waals surface area contributed by atoms with Crippen molar-refractivity contribution in [2.24, 2.45) is 5.41 Å². The molecule has 100 valence electrons. The van der Waals surface area contributed by atoms with Crippen molar-refractivity contribution in [1.82, 2.24) is 4.98 Å². The third kappa shape index (κ3) is 2.47. The van der Waals surface area contributed by atoms with E-state index in [1.165, 1.54) is 18.3 Å². The Morgan fingerprint density at radius 2 is 1.89 bits per heavy atom. The zero-order valence-electron chi connectivity index (χ0n) is 10.7. The van der Waals surface area contributed by atoms with Gasteiger partial charge in [0.25, 0.3) is 0 Å². The molecule has 1 aromatic heterocycles. The average Bonchev–Trinajstić information content (AvgIpc) is 2.26. The highest BCUT2D eigenvalue weighted by atomic mass is 16.4. The summed E-state index contributed by atoms with van der Waals surface area (Å²) in [6, 6.07) is 2.92. The molecule has 0 atom stereocenters. The van der Waals surface area contributed by atoms with Gasteiger partial charge in [-0.05, 0) is 17.5 Å². The van der Waals surface area contributed by atoms with E-state index in [2.05, 4.69) is 4.98 Å². The van der Waals surface area contributed by atoms with Gasteiger partial charge in [0.05, 0.1) is 5.69 Å². The molecule has 0 spiro atoms. The fraction of sp³-hybridized carbons (Fsp3) is 0.385. The van der Waals surface area contributed by atoms with Crippen molar-refractivity contribution in [3.05, 3.63) is 24.0 Å². The van der Waals surface area contributed by atoms with E-state index >= 15 is 0 Å². The zero-order chi connectivity index (χ0) is 14.2. The number of piperidine rings is 1. The van der Waals surface area contributed by atoms with Crippen molar-refractivity contribution in [3.8, 4) is 0 Å². The molecular weight excluding hydrogens is 248 g/mol. The van der Waals surface area contributed by atoms with Crippen LogP contribution in [0.2, 0.25) is 0 Å². The van der Waals surface area contributed by atoms with Gasteiger partial charge in [-0.3, -0.25) is 9.59 Å². The van der Waals surface area contributed by atoms with Gasteiger partial charge >= 0.3 is 5.97 Å². The van der Waals surface area contributed by atoms with Crippen LogP contribution in [0.3, 0.4) is 0 Å². The topological polar surface area (TPSA) is 87.6 Å². The number of carboxylic acid groups (broad SMARTS) is 1. The summed E-state index contributed by atoms with van der Waals surface area (Å²) in [6.45, 7) is 3.67. The smallest absolute Gasteiger partial charge is 0.356 e. The quantitative estimate of drug-likeness (QED) is 0.815. The molecule has 2 amide bonds. The maximum Gasteiger partial charge on any atom is 0.356 e. The summed E-state index contributed by atoms with van der Waals surface area (Å²) in [5.74, 6) is -2.05. The van der Waals surface area contributed by atoms with Gasteiger partial charge < -0.3 is 5.11 Å². The zero-order valence-corrected chi connectivity index (χ0v) is 10.7. The van der Waals surface area contributed by atoms with Crippen molar-refractivity contribution in [2.45, 2.75) is 26.7 Å². The summed E-state index contributed by atoms with van der Waals surface area (Å²) in [6.07, 6.45) is 1.72. The maximum atomic E-state index is 12.1. The van der Waals surface area contributed by atoms with Crippen LogP contribution in [0.25, 0.3) is 0 Å². The number of imide groups is 1. The Labute approximate surface area is 110 Å². The molecule has 1 aliphatic rings. The average molecular weight is 262 g/mol. The summed E-state index contributed by atoms with van der Waals surface area (Å²) in [4.78, 5) is 39.9. The molecule has 1 N–H and O–H groups in total. The standard InChI is InChI=1S/C13H14N2O4/c1-13(2)6-9(16)15(10(17)7-13)8-4-3-5-14-11(8)12(18)19/h3-5H,6-7H2,1-2H3,(H,18,19). The second-order valence-electron chi connectivity index (χ2n) is 5.32. The van der Waals surface area contributed by atoms with Crippen LogP contribution >= 0.6 is 0 Å². The molecule has 1 fully saturated rings. The van der Waals surface area contributed by atoms with Gasteiger partial charge in [0.1, 0.15) is 0 Å². The van der Waals surface area contributed by atoms with Crippen molar-refractivity contribution in [1.29, 1.82) is 0 Å². The van der Waals surface area contributed by atoms with Gasteiger partial charge in [0.2, 0.25) is 11.8 Å². The molecule has 2 heterocycles. The predicted molar refractivity (Wildman–Crippen MR) is 66.7 cm³/mol. The molecule has 0 bridgehead atoms. The van der Waals surface area contributed by atoms with Gasteiger partial charge in [-0.15, -0.1) is 0 Å². The molecule has 0 unspecified atom stereocenters. The highest BCUT2D eigenvalue weighted by Crippen LogP contribution is 2.34. The van der Waals surface area contributed by atoms with Gasteiger partial charge in [-0.2, -0.15) is 0 Å². The third-order valence-corrected chi connectivity index (χ3v) is 2.99. The van der Waals surface area contributed by atoms with E-state index in [9.17, 15) is 14.4 Å². The molecule has 6 heteroatoms. The number of nitrogens with zero attached hydrogens (tertiary/aromatic N) is 2. The number of aromatic nitrogens is 1. The minimum atomic E-state index is -1.26. The van der Waals surface area contributed by atoms with Gasteiger partial charge in [0, 0.05) is 19.0 Å². The van der Waals surface area contributed by atoms with Crippen LogP contribution in [0.1, 0.15) is 37.2 Å². The van der Waals surface area contributed by atoms with Crippen LogP contribution in [0, 0.1) is 5.41 Å². The van der Waals surface area contributed by atoms with Crippen LogP contribution in [0.15, 0.2) is 18.3 Å². The number of aromatic carboxylic acids is 1. The molecule has 1 saturated heterocycles. The first kappa shape index (κ1) is 13.2. The second kappa shape index (κ2) is 4.46.